The van der Waals surface area contributed by atoms with Crippen LogP contribution < -0.4 is 4.90 Å². The van der Waals surface area contributed by atoms with Gasteiger partial charge in [-0.05, 0) is 13.8 Å². The first kappa shape index (κ1) is 12.5. The van der Waals surface area contributed by atoms with Gasteiger partial charge in [0.2, 0.25) is 0 Å². The predicted octanol–water partition coefficient (Wildman–Crippen LogP) is 1.97. The molecule has 1 aromatic heterocycles. The average molecular weight is 239 g/mol. The van der Waals surface area contributed by atoms with Crippen molar-refractivity contribution in [2.45, 2.75) is 26.3 Å². The summed E-state index contributed by atoms with van der Waals surface area (Å²) in [7, 11) is 0. The third-order valence-electron chi connectivity index (χ3n) is 2.04. The minimum atomic E-state index is -0.965. The Bertz CT molecular complexity index is 408. The zero-order chi connectivity index (χ0) is 12.1. The van der Waals surface area contributed by atoms with Gasteiger partial charge in [0, 0.05) is 12.6 Å². The summed E-state index contributed by atoms with van der Waals surface area (Å²) in [4.78, 5) is 16.9. The molecule has 0 bridgehead atoms. The van der Waals surface area contributed by atoms with Crippen LogP contribution in [0, 0.1) is 11.3 Å². The fourth-order valence-electron chi connectivity index (χ4n) is 1.24. The summed E-state index contributed by atoms with van der Waals surface area (Å²) >= 11 is 1.13. The lowest BCUT2D eigenvalue weighted by Crippen LogP contribution is -2.31. The van der Waals surface area contributed by atoms with Crippen LogP contribution in [0.15, 0.2) is 6.20 Å². The molecular formula is C10H13N3O2S. The maximum atomic E-state index is 10.7. The lowest BCUT2D eigenvalue weighted by molar-refractivity contribution is 0.0702. The molecule has 0 saturated carbocycles. The minimum absolute atomic E-state index is 0.196. The highest BCUT2D eigenvalue weighted by atomic mass is 32.1. The Morgan fingerprint density at radius 3 is 2.88 bits per heavy atom. The van der Waals surface area contributed by atoms with E-state index < -0.39 is 5.97 Å². The second-order valence-corrected chi connectivity index (χ2v) is 4.52. The number of hydrogen-bond donors (Lipinski definition) is 1. The third kappa shape index (κ3) is 2.94. The highest BCUT2D eigenvalue weighted by molar-refractivity contribution is 7.17. The first-order valence-electron chi connectivity index (χ1n) is 4.89. The molecule has 0 unspecified atom stereocenters. The third-order valence-corrected chi connectivity index (χ3v) is 3.06. The molecule has 0 atom stereocenters. The van der Waals surface area contributed by atoms with E-state index in [2.05, 4.69) is 11.1 Å². The van der Waals surface area contributed by atoms with Gasteiger partial charge in [-0.2, -0.15) is 5.26 Å². The van der Waals surface area contributed by atoms with E-state index in [1.54, 1.807) is 0 Å². The van der Waals surface area contributed by atoms with Crippen LogP contribution in [0.5, 0.6) is 0 Å². The Kier molecular flexibility index (Phi) is 4.26. The first-order valence-corrected chi connectivity index (χ1v) is 5.70. The number of thiazole rings is 1. The topological polar surface area (TPSA) is 77.2 Å². The monoisotopic (exact) mass is 239 g/mol. The van der Waals surface area contributed by atoms with Gasteiger partial charge < -0.3 is 10.0 Å². The molecule has 5 nitrogen and oxygen atoms in total. The lowest BCUT2D eigenvalue weighted by atomic mass is 10.3. The molecule has 0 spiro atoms. The maximum Gasteiger partial charge on any atom is 0.347 e. The molecule has 1 aromatic rings. The first-order chi connectivity index (χ1) is 7.56. The van der Waals surface area contributed by atoms with E-state index in [9.17, 15) is 4.79 Å². The molecule has 0 fully saturated rings. The van der Waals surface area contributed by atoms with Crippen LogP contribution in [0.2, 0.25) is 0 Å². The number of rotatable bonds is 5. The summed E-state index contributed by atoms with van der Waals surface area (Å²) in [6.07, 6.45) is 1.75. The molecule has 6 heteroatoms. The standard InChI is InChI=1S/C10H13N3O2S/c1-7(2)13(5-3-4-11)10-12-6-8(16-10)9(14)15/h6-7H,3,5H2,1-2H3,(H,14,15). The number of aromatic carboxylic acids is 1. The molecule has 1 heterocycles. The Morgan fingerprint density at radius 2 is 2.44 bits per heavy atom. The van der Waals surface area contributed by atoms with E-state index >= 15 is 0 Å². The van der Waals surface area contributed by atoms with Gasteiger partial charge in [0.15, 0.2) is 5.13 Å². The molecule has 0 amide bonds. The molecule has 86 valence electrons. The maximum absolute atomic E-state index is 10.7. The van der Waals surface area contributed by atoms with Gasteiger partial charge in [0.1, 0.15) is 4.88 Å². The van der Waals surface area contributed by atoms with E-state index in [1.807, 2.05) is 18.7 Å². The lowest BCUT2D eigenvalue weighted by Gasteiger charge is -2.24. The molecule has 0 radical (unpaired) electrons. The number of carboxylic acids is 1. The van der Waals surface area contributed by atoms with Gasteiger partial charge >= 0.3 is 5.97 Å². The van der Waals surface area contributed by atoms with Gasteiger partial charge in [0.25, 0.3) is 0 Å². The van der Waals surface area contributed by atoms with Crippen LogP contribution in [-0.4, -0.2) is 28.6 Å². The van der Waals surface area contributed by atoms with E-state index in [0.717, 1.165) is 11.3 Å². The summed E-state index contributed by atoms with van der Waals surface area (Å²) in [5.74, 6) is -0.965. The summed E-state index contributed by atoms with van der Waals surface area (Å²) in [6.45, 7) is 4.54. The molecular weight excluding hydrogens is 226 g/mol. The molecule has 0 aliphatic heterocycles. The van der Waals surface area contributed by atoms with Crippen molar-refractivity contribution < 1.29 is 9.90 Å². The molecule has 16 heavy (non-hydrogen) atoms. The van der Waals surface area contributed by atoms with Crippen LogP contribution in [0.4, 0.5) is 5.13 Å². The number of carboxylic acid groups (broad SMARTS) is 1. The van der Waals surface area contributed by atoms with Crippen molar-refractivity contribution >= 4 is 22.4 Å². The van der Waals surface area contributed by atoms with Crippen molar-refractivity contribution in [3.63, 3.8) is 0 Å². The minimum Gasteiger partial charge on any atom is -0.477 e. The smallest absolute Gasteiger partial charge is 0.347 e. The predicted molar refractivity (Wildman–Crippen MR) is 61.8 cm³/mol. The van der Waals surface area contributed by atoms with Gasteiger partial charge in [-0.15, -0.1) is 0 Å². The highest BCUT2D eigenvalue weighted by Crippen LogP contribution is 2.24. The molecule has 0 saturated heterocycles. The van der Waals surface area contributed by atoms with Crippen molar-refractivity contribution in [3.05, 3.63) is 11.1 Å². The Morgan fingerprint density at radius 1 is 1.75 bits per heavy atom. The van der Waals surface area contributed by atoms with Gasteiger partial charge in [0.05, 0.1) is 18.7 Å². The summed E-state index contributed by atoms with van der Waals surface area (Å²) in [5, 5.41) is 18.0. The van der Waals surface area contributed by atoms with Crippen LogP contribution >= 0.6 is 11.3 Å². The van der Waals surface area contributed by atoms with Crippen molar-refractivity contribution in [2.24, 2.45) is 0 Å². The van der Waals surface area contributed by atoms with Crippen molar-refractivity contribution in [2.75, 3.05) is 11.4 Å². The number of nitrogens with zero attached hydrogens (tertiary/aromatic N) is 3. The largest absolute Gasteiger partial charge is 0.477 e. The van der Waals surface area contributed by atoms with Crippen LogP contribution in [0.25, 0.3) is 0 Å². The van der Waals surface area contributed by atoms with Gasteiger partial charge in [-0.1, -0.05) is 11.3 Å². The quantitative estimate of drug-likeness (QED) is 0.850. The molecule has 0 aliphatic rings. The fourth-order valence-corrected chi connectivity index (χ4v) is 2.16. The van der Waals surface area contributed by atoms with Gasteiger partial charge in [-0.3, -0.25) is 0 Å². The highest BCUT2D eigenvalue weighted by Gasteiger charge is 2.16. The normalized spacial score (nSPS) is 10.1. The average Bonchev–Trinajstić information content (AvgIpc) is 2.67. The van der Waals surface area contributed by atoms with Crippen LogP contribution in [0.3, 0.4) is 0 Å². The second kappa shape index (κ2) is 5.47. The number of hydrogen-bond acceptors (Lipinski definition) is 5. The second-order valence-electron chi connectivity index (χ2n) is 3.51. The Balaban J connectivity index is 2.85. The van der Waals surface area contributed by atoms with Crippen molar-refractivity contribution in [1.29, 1.82) is 5.26 Å². The SMILES string of the molecule is CC(C)N(CCC#N)c1ncc(C(=O)O)s1. The zero-order valence-corrected chi connectivity index (χ0v) is 9.99. The number of nitriles is 1. The molecule has 1 rings (SSSR count). The molecule has 1 N–H and O–H groups in total. The van der Waals surface area contributed by atoms with E-state index in [-0.39, 0.29) is 10.9 Å². The van der Waals surface area contributed by atoms with E-state index in [1.165, 1.54) is 6.20 Å². The van der Waals surface area contributed by atoms with Crippen molar-refractivity contribution in [1.82, 2.24) is 4.98 Å². The Hall–Kier alpha value is -1.61. The fraction of sp³-hybridized carbons (Fsp3) is 0.500. The Labute approximate surface area is 98.0 Å². The summed E-state index contributed by atoms with van der Waals surface area (Å²) in [6, 6.07) is 2.27. The molecule has 0 aliphatic carbocycles. The number of aromatic nitrogens is 1. The van der Waals surface area contributed by atoms with E-state index in [0.29, 0.717) is 18.1 Å². The zero-order valence-electron chi connectivity index (χ0n) is 9.17. The van der Waals surface area contributed by atoms with E-state index in [4.69, 9.17) is 10.4 Å². The number of anilines is 1. The summed E-state index contributed by atoms with van der Waals surface area (Å²) in [5.41, 5.74) is 0. The van der Waals surface area contributed by atoms with Crippen LogP contribution in [0.1, 0.15) is 29.9 Å². The summed E-state index contributed by atoms with van der Waals surface area (Å²) < 4.78 is 0. The van der Waals surface area contributed by atoms with Gasteiger partial charge in [-0.25, -0.2) is 9.78 Å². The molecule has 0 aromatic carbocycles. The van der Waals surface area contributed by atoms with Crippen molar-refractivity contribution in [3.8, 4) is 6.07 Å². The van der Waals surface area contributed by atoms with Crippen LogP contribution in [-0.2, 0) is 0 Å². The number of carbonyl (C=O) groups is 1.